The van der Waals surface area contributed by atoms with E-state index in [1.54, 1.807) is 7.11 Å². The van der Waals surface area contributed by atoms with Crippen molar-refractivity contribution in [1.29, 1.82) is 0 Å². The monoisotopic (exact) mass is 300 g/mol. The van der Waals surface area contributed by atoms with Crippen molar-refractivity contribution in [2.24, 2.45) is 5.73 Å². The molecule has 2 heterocycles. The van der Waals surface area contributed by atoms with Crippen molar-refractivity contribution in [3.05, 3.63) is 42.2 Å². The molecule has 1 atom stereocenters. The maximum absolute atomic E-state index is 5.79. The third kappa shape index (κ3) is 3.01. The molecular weight excluding hydrogens is 284 g/mol. The van der Waals surface area contributed by atoms with Crippen LogP contribution in [0.1, 0.15) is 18.7 Å². The summed E-state index contributed by atoms with van der Waals surface area (Å²) < 4.78 is 5.21. The lowest BCUT2D eigenvalue weighted by atomic mass is 10.2. The summed E-state index contributed by atoms with van der Waals surface area (Å²) in [6.45, 7) is 1.92. The van der Waals surface area contributed by atoms with E-state index in [0.717, 1.165) is 32.5 Å². The van der Waals surface area contributed by atoms with Crippen LogP contribution in [-0.2, 0) is 0 Å². The summed E-state index contributed by atoms with van der Waals surface area (Å²) in [5.41, 5.74) is 8.55. The maximum Gasteiger partial charge on any atom is 0.171 e. The number of methoxy groups -OCH3 is 1. The normalized spacial score (nSPS) is 12.5. The molecule has 0 amide bonds. The first-order valence-electron chi connectivity index (χ1n) is 6.59. The summed E-state index contributed by atoms with van der Waals surface area (Å²) in [5.74, 6) is 0.811. The zero-order valence-electron chi connectivity index (χ0n) is 11.8. The Labute approximate surface area is 126 Å². The van der Waals surface area contributed by atoms with Crippen LogP contribution in [0.3, 0.4) is 0 Å². The fourth-order valence-electron chi connectivity index (χ4n) is 1.97. The topological polar surface area (TPSA) is 76.8 Å². The fraction of sp³-hybridized carbons (Fsp3) is 0.200. The van der Waals surface area contributed by atoms with Gasteiger partial charge in [-0.1, -0.05) is 11.8 Å². The van der Waals surface area contributed by atoms with Crippen LogP contribution >= 0.6 is 11.8 Å². The van der Waals surface area contributed by atoms with E-state index in [0.29, 0.717) is 0 Å². The Balaban J connectivity index is 1.84. The van der Waals surface area contributed by atoms with E-state index in [-0.39, 0.29) is 6.04 Å². The molecule has 0 aliphatic heterocycles. The zero-order valence-corrected chi connectivity index (χ0v) is 12.6. The molecule has 0 spiro atoms. The molecule has 2 aromatic heterocycles. The summed E-state index contributed by atoms with van der Waals surface area (Å²) in [7, 11) is 1.65. The second kappa shape index (κ2) is 5.75. The second-order valence-corrected chi connectivity index (χ2v) is 5.80. The first kappa shape index (κ1) is 13.9. The number of fused-ring (bicyclic) bond motifs is 1. The quantitative estimate of drug-likeness (QED) is 0.774. The SMILES string of the molecule is COc1ccc2nc(Sc3ccc([C@H](C)N)nc3)[nH]c2c1. The van der Waals surface area contributed by atoms with Gasteiger partial charge < -0.3 is 15.5 Å². The number of nitrogens with one attached hydrogen (secondary N) is 1. The number of aromatic nitrogens is 3. The molecule has 1 aromatic carbocycles. The van der Waals surface area contributed by atoms with Gasteiger partial charge in [0.25, 0.3) is 0 Å². The summed E-state index contributed by atoms with van der Waals surface area (Å²) in [4.78, 5) is 13.2. The number of nitrogens with zero attached hydrogens (tertiary/aromatic N) is 2. The minimum absolute atomic E-state index is 0.0530. The van der Waals surface area contributed by atoms with E-state index in [1.807, 2.05) is 43.5 Å². The molecule has 0 saturated carbocycles. The molecular formula is C15H16N4OS. The number of hydrogen-bond donors (Lipinski definition) is 2. The van der Waals surface area contributed by atoms with Crippen molar-refractivity contribution >= 4 is 22.8 Å². The van der Waals surface area contributed by atoms with E-state index >= 15 is 0 Å². The number of rotatable bonds is 4. The Morgan fingerprint density at radius 3 is 2.81 bits per heavy atom. The minimum Gasteiger partial charge on any atom is -0.497 e. The van der Waals surface area contributed by atoms with Crippen molar-refractivity contribution in [3.8, 4) is 5.75 Å². The number of benzene rings is 1. The number of ether oxygens (including phenoxy) is 1. The number of pyridine rings is 1. The predicted molar refractivity (Wildman–Crippen MR) is 83.6 cm³/mol. The Hall–Kier alpha value is -2.05. The zero-order chi connectivity index (χ0) is 14.8. The number of hydrogen-bond acceptors (Lipinski definition) is 5. The van der Waals surface area contributed by atoms with Crippen LogP contribution in [0, 0.1) is 0 Å². The van der Waals surface area contributed by atoms with Crippen molar-refractivity contribution in [3.63, 3.8) is 0 Å². The largest absolute Gasteiger partial charge is 0.497 e. The van der Waals surface area contributed by atoms with Crippen LogP contribution in [0.4, 0.5) is 0 Å². The number of imidazole rings is 1. The van der Waals surface area contributed by atoms with Crippen LogP contribution < -0.4 is 10.5 Å². The summed E-state index contributed by atoms with van der Waals surface area (Å²) in [6.07, 6.45) is 1.82. The van der Waals surface area contributed by atoms with Crippen molar-refractivity contribution in [1.82, 2.24) is 15.0 Å². The molecule has 0 radical (unpaired) electrons. The van der Waals surface area contributed by atoms with Crippen LogP contribution in [-0.4, -0.2) is 22.1 Å². The standard InChI is InChI=1S/C15H16N4OS/c1-9(16)12-6-4-11(8-17-12)21-15-18-13-5-3-10(20-2)7-14(13)19-15/h3-9H,16H2,1-2H3,(H,18,19)/t9-/m0/s1. The Morgan fingerprint density at radius 1 is 1.29 bits per heavy atom. The highest BCUT2D eigenvalue weighted by atomic mass is 32.2. The van der Waals surface area contributed by atoms with Crippen LogP contribution in [0.15, 0.2) is 46.6 Å². The molecule has 21 heavy (non-hydrogen) atoms. The lowest BCUT2D eigenvalue weighted by molar-refractivity contribution is 0.415. The average molecular weight is 300 g/mol. The predicted octanol–water partition coefficient (Wildman–Crippen LogP) is 3.14. The molecule has 5 nitrogen and oxygen atoms in total. The minimum atomic E-state index is -0.0530. The third-order valence-electron chi connectivity index (χ3n) is 3.11. The van der Waals surface area contributed by atoms with Gasteiger partial charge in [-0.2, -0.15) is 0 Å². The fourth-order valence-corrected chi connectivity index (χ4v) is 2.74. The first-order valence-corrected chi connectivity index (χ1v) is 7.40. The third-order valence-corrected chi connectivity index (χ3v) is 3.97. The van der Waals surface area contributed by atoms with E-state index < -0.39 is 0 Å². The molecule has 0 unspecified atom stereocenters. The van der Waals surface area contributed by atoms with Gasteiger partial charge in [0.1, 0.15) is 5.75 Å². The van der Waals surface area contributed by atoms with Gasteiger partial charge in [-0.05, 0) is 31.2 Å². The van der Waals surface area contributed by atoms with E-state index in [1.165, 1.54) is 11.8 Å². The first-order chi connectivity index (χ1) is 10.2. The van der Waals surface area contributed by atoms with Crippen molar-refractivity contribution in [2.75, 3.05) is 7.11 Å². The second-order valence-electron chi connectivity index (χ2n) is 4.73. The van der Waals surface area contributed by atoms with Gasteiger partial charge in [0.2, 0.25) is 0 Å². The van der Waals surface area contributed by atoms with Crippen LogP contribution in [0.2, 0.25) is 0 Å². The van der Waals surface area contributed by atoms with Gasteiger partial charge in [-0.25, -0.2) is 4.98 Å². The number of aromatic amines is 1. The van der Waals surface area contributed by atoms with E-state index in [4.69, 9.17) is 10.5 Å². The van der Waals surface area contributed by atoms with E-state index in [2.05, 4.69) is 15.0 Å². The number of nitrogens with two attached hydrogens (primary N) is 1. The molecule has 0 bridgehead atoms. The Kier molecular flexibility index (Phi) is 3.81. The molecule has 0 aliphatic rings. The van der Waals surface area contributed by atoms with Gasteiger partial charge in [0.05, 0.1) is 23.8 Å². The summed E-state index contributed by atoms with van der Waals surface area (Å²) >= 11 is 1.54. The van der Waals surface area contributed by atoms with Gasteiger partial charge in [-0.15, -0.1) is 0 Å². The molecule has 0 fully saturated rings. The highest BCUT2D eigenvalue weighted by Gasteiger charge is 2.07. The van der Waals surface area contributed by atoms with Crippen LogP contribution in [0.5, 0.6) is 5.75 Å². The Bertz CT molecular complexity index is 752. The van der Waals surface area contributed by atoms with Gasteiger partial charge in [-0.3, -0.25) is 4.98 Å². The van der Waals surface area contributed by atoms with Crippen LogP contribution in [0.25, 0.3) is 11.0 Å². The summed E-state index contributed by atoms with van der Waals surface area (Å²) in [6, 6.07) is 9.66. The average Bonchev–Trinajstić information content (AvgIpc) is 2.88. The van der Waals surface area contributed by atoms with Gasteiger partial charge in [0.15, 0.2) is 5.16 Å². The highest BCUT2D eigenvalue weighted by molar-refractivity contribution is 7.99. The highest BCUT2D eigenvalue weighted by Crippen LogP contribution is 2.28. The molecule has 3 aromatic rings. The molecule has 6 heteroatoms. The maximum atomic E-state index is 5.79. The smallest absolute Gasteiger partial charge is 0.171 e. The lowest BCUT2D eigenvalue weighted by Gasteiger charge is -2.04. The molecule has 3 N–H and O–H groups in total. The van der Waals surface area contributed by atoms with Crippen molar-refractivity contribution in [2.45, 2.75) is 23.0 Å². The van der Waals surface area contributed by atoms with Gasteiger partial charge in [0, 0.05) is 23.2 Å². The molecule has 3 rings (SSSR count). The van der Waals surface area contributed by atoms with E-state index in [9.17, 15) is 0 Å². The lowest BCUT2D eigenvalue weighted by Crippen LogP contribution is -2.06. The summed E-state index contributed by atoms with van der Waals surface area (Å²) in [5, 5.41) is 0.827. The Morgan fingerprint density at radius 2 is 2.14 bits per heavy atom. The molecule has 0 saturated heterocycles. The van der Waals surface area contributed by atoms with Gasteiger partial charge >= 0.3 is 0 Å². The number of H-pyrrole nitrogens is 1. The van der Waals surface area contributed by atoms with Crippen molar-refractivity contribution < 1.29 is 4.74 Å². The molecule has 0 aliphatic carbocycles. The molecule has 108 valence electrons.